The van der Waals surface area contributed by atoms with E-state index >= 15 is 0 Å². The molecule has 2 bridgehead atoms. The van der Waals surface area contributed by atoms with Crippen LogP contribution in [0.15, 0.2) is 30.3 Å². The summed E-state index contributed by atoms with van der Waals surface area (Å²) in [6, 6.07) is 9.47. The summed E-state index contributed by atoms with van der Waals surface area (Å²) >= 11 is 0. The number of ketones is 1. The maximum absolute atomic E-state index is 12.2. The molecular weight excluding hydrogens is 248 g/mol. The fourth-order valence-corrected chi connectivity index (χ4v) is 3.93. The van der Waals surface area contributed by atoms with E-state index in [9.17, 15) is 4.79 Å². The first-order valence-electron chi connectivity index (χ1n) is 7.89. The molecule has 2 aliphatic rings. The van der Waals surface area contributed by atoms with Gasteiger partial charge in [0.15, 0.2) is 5.78 Å². The minimum atomic E-state index is -0.0820. The van der Waals surface area contributed by atoms with Gasteiger partial charge in [0.25, 0.3) is 0 Å². The number of benzene rings is 1. The van der Waals surface area contributed by atoms with Crippen molar-refractivity contribution >= 4 is 5.78 Å². The SMILES string of the molecule is C[C@]1(OCC(=O)c2ccccc2)CC[C@H]2CCC[C@@H]1C2. The lowest BCUT2D eigenvalue weighted by Gasteiger charge is -2.47. The van der Waals surface area contributed by atoms with Crippen molar-refractivity contribution in [3.8, 4) is 0 Å². The third-order valence-corrected chi connectivity index (χ3v) is 5.32. The monoisotopic (exact) mass is 272 g/mol. The maximum Gasteiger partial charge on any atom is 0.188 e. The van der Waals surface area contributed by atoms with Gasteiger partial charge in [0, 0.05) is 5.56 Å². The lowest BCUT2D eigenvalue weighted by Crippen LogP contribution is -2.45. The van der Waals surface area contributed by atoms with Crippen molar-refractivity contribution in [1.82, 2.24) is 0 Å². The Labute approximate surface area is 121 Å². The Morgan fingerprint density at radius 3 is 2.85 bits per heavy atom. The number of rotatable bonds is 4. The van der Waals surface area contributed by atoms with Crippen molar-refractivity contribution in [2.75, 3.05) is 6.61 Å². The highest BCUT2D eigenvalue weighted by molar-refractivity contribution is 5.97. The van der Waals surface area contributed by atoms with E-state index in [-0.39, 0.29) is 18.0 Å². The van der Waals surface area contributed by atoms with Gasteiger partial charge < -0.3 is 4.74 Å². The van der Waals surface area contributed by atoms with Gasteiger partial charge in [0.05, 0.1) is 5.60 Å². The summed E-state index contributed by atoms with van der Waals surface area (Å²) in [6.07, 6.45) is 7.69. The molecule has 0 unspecified atom stereocenters. The zero-order valence-corrected chi connectivity index (χ0v) is 12.3. The zero-order chi connectivity index (χ0) is 14.0. The first-order valence-corrected chi connectivity index (χ1v) is 7.89. The molecule has 0 saturated heterocycles. The number of hydrogen-bond donors (Lipinski definition) is 0. The summed E-state index contributed by atoms with van der Waals surface area (Å²) in [5.74, 6) is 1.67. The van der Waals surface area contributed by atoms with Crippen LogP contribution < -0.4 is 0 Å². The molecule has 108 valence electrons. The Morgan fingerprint density at radius 2 is 2.05 bits per heavy atom. The number of carbonyl (C=O) groups is 1. The van der Waals surface area contributed by atoms with Gasteiger partial charge in [-0.25, -0.2) is 0 Å². The van der Waals surface area contributed by atoms with Crippen LogP contribution in [0.4, 0.5) is 0 Å². The maximum atomic E-state index is 12.2. The number of hydrogen-bond acceptors (Lipinski definition) is 2. The molecule has 2 heteroatoms. The predicted octanol–water partition coefficient (Wildman–Crippen LogP) is 4.24. The van der Waals surface area contributed by atoms with Gasteiger partial charge in [-0.15, -0.1) is 0 Å². The summed E-state index contributed by atoms with van der Waals surface area (Å²) in [7, 11) is 0. The molecule has 0 N–H and O–H groups in total. The Morgan fingerprint density at radius 1 is 1.25 bits per heavy atom. The molecule has 20 heavy (non-hydrogen) atoms. The average Bonchev–Trinajstić information content (AvgIpc) is 2.51. The minimum absolute atomic E-state index is 0.0820. The Hall–Kier alpha value is -1.15. The molecule has 1 aromatic carbocycles. The van der Waals surface area contributed by atoms with E-state index in [1.807, 2.05) is 30.3 Å². The second-order valence-corrected chi connectivity index (χ2v) is 6.66. The minimum Gasteiger partial charge on any atom is -0.367 e. The van der Waals surface area contributed by atoms with Gasteiger partial charge >= 0.3 is 0 Å². The van der Waals surface area contributed by atoms with Gasteiger partial charge in [-0.1, -0.05) is 43.2 Å². The van der Waals surface area contributed by atoms with Crippen molar-refractivity contribution in [2.45, 2.75) is 51.0 Å². The highest BCUT2D eigenvalue weighted by Crippen LogP contribution is 2.47. The number of ether oxygens (including phenoxy) is 1. The smallest absolute Gasteiger partial charge is 0.188 e. The second kappa shape index (κ2) is 5.69. The van der Waals surface area contributed by atoms with Gasteiger partial charge in [0.2, 0.25) is 0 Å². The molecule has 0 spiro atoms. The third-order valence-electron chi connectivity index (χ3n) is 5.32. The highest BCUT2D eigenvalue weighted by atomic mass is 16.5. The van der Waals surface area contributed by atoms with E-state index in [1.165, 1.54) is 32.1 Å². The first-order chi connectivity index (χ1) is 9.67. The van der Waals surface area contributed by atoms with Gasteiger partial charge in [-0.3, -0.25) is 4.79 Å². The second-order valence-electron chi connectivity index (χ2n) is 6.66. The topological polar surface area (TPSA) is 26.3 Å². The molecule has 2 saturated carbocycles. The molecule has 2 nitrogen and oxygen atoms in total. The summed E-state index contributed by atoms with van der Waals surface area (Å²) in [4.78, 5) is 12.2. The van der Waals surface area contributed by atoms with Crippen LogP contribution in [0, 0.1) is 11.8 Å². The van der Waals surface area contributed by atoms with E-state index in [0.29, 0.717) is 5.92 Å². The number of Topliss-reactive ketones (excluding diaryl/α,β-unsaturated/α-hetero) is 1. The average molecular weight is 272 g/mol. The van der Waals surface area contributed by atoms with Crippen molar-refractivity contribution in [1.29, 1.82) is 0 Å². The Bertz CT molecular complexity index is 468. The molecule has 0 heterocycles. The molecule has 0 amide bonds. The van der Waals surface area contributed by atoms with Crippen molar-refractivity contribution in [3.05, 3.63) is 35.9 Å². The quantitative estimate of drug-likeness (QED) is 0.766. The van der Waals surface area contributed by atoms with Crippen LogP contribution in [0.5, 0.6) is 0 Å². The lowest BCUT2D eigenvalue weighted by atomic mass is 9.65. The number of carbonyl (C=O) groups excluding carboxylic acids is 1. The zero-order valence-electron chi connectivity index (χ0n) is 12.3. The number of fused-ring (bicyclic) bond motifs is 2. The van der Waals surface area contributed by atoms with Crippen LogP contribution in [-0.4, -0.2) is 18.0 Å². The van der Waals surface area contributed by atoms with E-state index in [2.05, 4.69) is 6.92 Å². The van der Waals surface area contributed by atoms with Crippen LogP contribution in [-0.2, 0) is 4.74 Å². The van der Waals surface area contributed by atoms with E-state index in [4.69, 9.17) is 4.74 Å². The highest BCUT2D eigenvalue weighted by Gasteiger charge is 2.42. The molecule has 3 rings (SSSR count). The van der Waals surface area contributed by atoms with Gasteiger partial charge in [-0.2, -0.15) is 0 Å². The first kappa shape index (κ1) is 13.8. The summed E-state index contributed by atoms with van der Waals surface area (Å²) in [5, 5.41) is 0. The third kappa shape index (κ3) is 2.80. The fourth-order valence-electron chi connectivity index (χ4n) is 3.93. The molecule has 0 aromatic heterocycles. The van der Waals surface area contributed by atoms with Crippen LogP contribution in [0.2, 0.25) is 0 Å². The Balaban J connectivity index is 1.61. The molecule has 2 fully saturated rings. The van der Waals surface area contributed by atoms with E-state index < -0.39 is 0 Å². The molecule has 0 aliphatic heterocycles. The van der Waals surface area contributed by atoms with Crippen molar-refractivity contribution in [3.63, 3.8) is 0 Å². The molecule has 3 atom stereocenters. The molecule has 2 aliphatic carbocycles. The van der Waals surface area contributed by atoms with Crippen molar-refractivity contribution in [2.24, 2.45) is 11.8 Å². The largest absolute Gasteiger partial charge is 0.367 e. The summed E-state index contributed by atoms with van der Waals surface area (Å²) in [6.45, 7) is 2.44. The summed E-state index contributed by atoms with van der Waals surface area (Å²) in [5.41, 5.74) is 0.676. The van der Waals surface area contributed by atoms with Crippen LogP contribution in [0.1, 0.15) is 55.8 Å². The normalized spacial score (nSPS) is 32.9. The Kier molecular flexibility index (Phi) is 3.93. The van der Waals surface area contributed by atoms with Gasteiger partial charge in [0.1, 0.15) is 6.61 Å². The van der Waals surface area contributed by atoms with Gasteiger partial charge in [-0.05, 0) is 44.4 Å². The van der Waals surface area contributed by atoms with Crippen LogP contribution in [0.25, 0.3) is 0 Å². The van der Waals surface area contributed by atoms with Crippen molar-refractivity contribution < 1.29 is 9.53 Å². The standard InChI is InChI=1S/C18H24O2/c1-18(11-10-14-6-5-9-16(18)12-14)20-13-17(19)15-7-3-2-4-8-15/h2-4,7-8,14,16H,5-6,9-13H2,1H3/t14-,16-,18+/m1/s1. The molecule has 0 radical (unpaired) electrons. The van der Waals surface area contributed by atoms with Crippen LogP contribution >= 0.6 is 0 Å². The molecular formula is C18H24O2. The van der Waals surface area contributed by atoms with E-state index in [1.54, 1.807) is 0 Å². The molecule has 1 aromatic rings. The van der Waals surface area contributed by atoms with E-state index in [0.717, 1.165) is 17.9 Å². The lowest BCUT2D eigenvalue weighted by molar-refractivity contribution is -0.108. The fraction of sp³-hybridized carbons (Fsp3) is 0.611. The summed E-state index contributed by atoms with van der Waals surface area (Å²) < 4.78 is 6.12. The van der Waals surface area contributed by atoms with Crippen LogP contribution in [0.3, 0.4) is 0 Å². The predicted molar refractivity (Wildman–Crippen MR) is 79.8 cm³/mol.